The summed E-state index contributed by atoms with van der Waals surface area (Å²) in [4.78, 5) is 29.6. The number of nitrogens with zero attached hydrogens (tertiary/aromatic N) is 1. The van der Waals surface area contributed by atoms with Gasteiger partial charge in [0.1, 0.15) is 11.4 Å². The molecule has 142 valence electrons. The van der Waals surface area contributed by atoms with E-state index in [4.69, 9.17) is 25.7 Å². The van der Waals surface area contributed by atoms with Gasteiger partial charge in [-0.25, -0.2) is 0 Å². The fraction of sp³-hybridized carbons (Fsp3) is 0.231. The molecule has 0 saturated carbocycles. The number of aromatic nitrogens is 1. The van der Waals surface area contributed by atoms with Gasteiger partial charge in [-0.2, -0.15) is 13.2 Å². The lowest BCUT2D eigenvalue weighted by molar-refractivity contribution is -0.136. The van der Waals surface area contributed by atoms with Gasteiger partial charge >= 0.3 is 13.8 Å². The number of hydrogen-bond donors (Lipinski definition) is 5. The van der Waals surface area contributed by atoms with Crippen molar-refractivity contribution in [1.82, 2.24) is 9.88 Å². The molecule has 2 rings (SSSR count). The zero-order chi connectivity index (χ0) is 19.9. The summed E-state index contributed by atoms with van der Waals surface area (Å²) < 4.78 is 56.8. The lowest BCUT2D eigenvalue weighted by Crippen LogP contribution is -2.36. The average molecular weight is 394 g/mol. The van der Waals surface area contributed by atoms with E-state index in [0.717, 1.165) is 16.7 Å². The van der Waals surface area contributed by atoms with Gasteiger partial charge in [-0.1, -0.05) is 0 Å². The third-order valence-corrected chi connectivity index (χ3v) is 3.79. The molecule has 0 aliphatic rings. The molecular formula is C13H14F3N4O5P. The van der Waals surface area contributed by atoms with Crippen LogP contribution < -0.4 is 15.8 Å². The molecule has 2 aromatic rings. The van der Waals surface area contributed by atoms with Crippen LogP contribution in [0.4, 0.5) is 13.2 Å². The second kappa shape index (κ2) is 6.63. The molecule has 0 bridgehead atoms. The van der Waals surface area contributed by atoms with E-state index in [-0.39, 0.29) is 16.6 Å². The molecule has 0 fully saturated rings. The molecule has 0 aliphatic carbocycles. The Morgan fingerprint density at radius 2 is 2.00 bits per heavy atom. The first-order chi connectivity index (χ1) is 11.8. The second-order valence-electron chi connectivity index (χ2n) is 5.30. The summed E-state index contributed by atoms with van der Waals surface area (Å²) in [7, 11) is -3.29. The van der Waals surface area contributed by atoms with Crippen LogP contribution in [0.25, 0.3) is 10.9 Å². The molecule has 0 spiro atoms. The molecule has 1 aromatic heterocycles. The molecule has 1 amide bonds. The summed E-state index contributed by atoms with van der Waals surface area (Å²) >= 11 is 0. The second-order valence-corrected chi connectivity index (χ2v) is 6.88. The van der Waals surface area contributed by atoms with Crippen molar-refractivity contribution in [3.63, 3.8) is 0 Å². The minimum absolute atomic E-state index is 0.0609. The standard InChI is InChI=1S/C13H14F3N4O5P/c1-20-9-3-6(25-5-26(22,23)24)2-8(13(14,15)16)7(9)4-10(20)11(21)19-12(17)18/h2-4H,5H2,1H3,(H2,22,23,24)(H4,17,18,19,21). The van der Waals surface area contributed by atoms with E-state index in [1.165, 1.54) is 7.05 Å². The Kier molecular flexibility index (Phi) is 5.04. The number of fused-ring (bicyclic) bond motifs is 1. The van der Waals surface area contributed by atoms with Crippen molar-refractivity contribution in [2.45, 2.75) is 6.18 Å². The third-order valence-electron chi connectivity index (χ3n) is 3.32. The Bertz CT molecular complexity index is 934. The van der Waals surface area contributed by atoms with E-state index in [0.29, 0.717) is 6.07 Å². The molecule has 0 radical (unpaired) electrons. The van der Waals surface area contributed by atoms with Crippen LogP contribution in [0.5, 0.6) is 5.75 Å². The molecule has 0 aliphatic heterocycles. The first kappa shape index (κ1) is 19.8. The quantitative estimate of drug-likeness (QED) is 0.300. The number of ether oxygens (including phenoxy) is 1. The summed E-state index contributed by atoms with van der Waals surface area (Å²) in [6, 6.07) is 2.68. The number of halogens is 3. The number of carbonyl (C=O) groups is 1. The van der Waals surface area contributed by atoms with E-state index in [9.17, 15) is 22.5 Å². The molecule has 0 unspecified atom stereocenters. The zero-order valence-electron chi connectivity index (χ0n) is 13.2. The van der Waals surface area contributed by atoms with Gasteiger partial charge in [0.25, 0.3) is 5.91 Å². The Morgan fingerprint density at radius 1 is 1.38 bits per heavy atom. The number of rotatable bonds is 4. The van der Waals surface area contributed by atoms with Crippen molar-refractivity contribution in [3.8, 4) is 5.75 Å². The highest BCUT2D eigenvalue weighted by Crippen LogP contribution is 2.40. The number of carbonyl (C=O) groups excluding carboxylic acids is 1. The number of guanidine groups is 1. The minimum atomic E-state index is -4.81. The van der Waals surface area contributed by atoms with Crippen molar-refractivity contribution in [1.29, 1.82) is 5.41 Å². The maximum atomic E-state index is 13.4. The summed E-state index contributed by atoms with van der Waals surface area (Å²) in [5, 5.41) is 8.67. The number of nitrogens with one attached hydrogen (secondary N) is 2. The molecule has 1 aromatic carbocycles. The minimum Gasteiger partial charge on any atom is -0.481 e. The normalized spacial score (nSPS) is 12.2. The van der Waals surface area contributed by atoms with Gasteiger partial charge in [-0.15, -0.1) is 0 Å². The fourth-order valence-corrected chi connectivity index (χ4v) is 2.60. The average Bonchev–Trinajstić information content (AvgIpc) is 2.79. The van der Waals surface area contributed by atoms with Gasteiger partial charge < -0.3 is 24.8 Å². The molecule has 6 N–H and O–H groups in total. The van der Waals surface area contributed by atoms with Crippen LogP contribution in [0.15, 0.2) is 18.2 Å². The molecule has 13 heteroatoms. The van der Waals surface area contributed by atoms with Crippen molar-refractivity contribution < 1.29 is 37.1 Å². The van der Waals surface area contributed by atoms with Crippen molar-refractivity contribution in [3.05, 3.63) is 29.5 Å². The number of aryl methyl sites for hydroxylation is 1. The maximum absolute atomic E-state index is 13.4. The number of amides is 1. The number of nitrogens with two attached hydrogens (primary N) is 1. The third kappa shape index (κ3) is 4.34. The smallest absolute Gasteiger partial charge is 0.417 e. The highest BCUT2D eigenvalue weighted by molar-refractivity contribution is 7.51. The molecular weight excluding hydrogens is 380 g/mol. The van der Waals surface area contributed by atoms with Crippen LogP contribution in [0, 0.1) is 5.41 Å². The lowest BCUT2D eigenvalue weighted by atomic mass is 10.1. The Morgan fingerprint density at radius 3 is 2.50 bits per heavy atom. The molecule has 0 saturated heterocycles. The van der Waals surface area contributed by atoms with E-state index in [1.807, 2.05) is 5.32 Å². The van der Waals surface area contributed by atoms with E-state index >= 15 is 0 Å². The van der Waals surface area contributed by atoms with Crippen molar-refractivity contribution in [2.75, 3.05) is 6.35 Å². The maximum Gasteiger partial charge on any atom is 0.417 e. The summed E-state index contributed by atoms with van der Waals surface area (Å²) in [5.74, 6) is -1.99. The van der Waals surface area contributed by atoms with Gasteiger partial charge in [-0.05, 0) is 12.1 Å². The monoisotopic (exact) mass is 394 g/mol. The number of benzene rings is 1. The van der Waals surface area contributed by atoms with Gasteiger partial charge in [-0.3, -0.25) is 20.1 Å². The Balaban J connectivity index is 2.63. The van der Waals surface area contributed by atoms with Gasteiger partial charge in [0.2, 0.25) is 0 Å². The Hall–Kier alpha value is -2.56. The van der Waals surface area contributed by atoms with Crippen LogP contribution in [-0.4, -0.2) is 32.6 Å². The van der Waals surface area contributed by atoms with Crippen LogP contribution in [-0.2, 0) is 17.8 Å². The van der Waals surface area contributed by atoms with Crippen LogP contribution >= 0.6 is 7.60 Å². The predicted molar refractivity (Wildman–Crippen MR) is 84.8 cm³/mol. The highest BCUT2D eigenvalue weighted by Gasteiger charge is 2.35. The summed E-state index contributed by atoms with van der Waals surface area (Å²) in [6.45, 7) is 0. The van der Waals surface area contributed by atoms with Gasteiger partial charge in [0.05, 0.1) is 11.1 Å². The zero-order valence-corrected chi connectivity index (χ0v) is 14.1. The Labute approximate surface area is 144 Å². The van der Waals surface area contributed by atoms with Crippen LogP contribution in [0.1, 0.15) is 16.1 Å². The van der Waals surface area contributed by atoms with Crippen LogP contribution in [0.3, 0.4) is 0 Å². The number of hydrogen-bond acceptors (Lipinski definition) is 4. The topological polar surface area (TPSA) is 151 Å². The van der Waals surface area contributed by atoms with E-state index in [1.54, 1.807) is 0 Å². The van der Waals surface area contributed by atoms with Crippen molar-refractivity contribution >= 4 is 30.4 Å². The van der Waals surface area contributed by atoms with Crippen molar-refractivity contribution in [2.24, 2.45) is 12.8 Å². The lowest BCUT2D eigenvalue weighted by Gasteiger charge is -2.13. The SMILES string of the molecule is Cn1c(C(=O)NC(=N)N)cc2c(C(F)(F)F)cc(OCP(=O)(O)O)cc21. The van der Waals surface area contributed by atoms with Gasteiger partial charge in [0.15, 0.2) is 12.3 Å². The molecule has 0 atom stereocenters. The van der Waals surface area contributed by atoms with E-state index in [2.05, 4.69) is 0 Å². The first-order valence-electron chi connectivity index (χ1n) is 6.83. The van der Waals surface area contributed by atoms with E-state index < -0.39 is 43.3 Å². The van der Waals surface area contributed by atoms with Gasteiger partial charge in [0, 0.05) is 18.5 Å². The highest BCUT2D eigenvalue weighted by atomic mass is 31.2. The predicted octanol–water partition coefficient (Wildman–Crippen LogP) is 1.33. The largest absolute Gasteiger partial charge is 0.481 e. The molecule has 26 heavy (non-hydrogen) atoms. The van der Waals surface area contributed by atoms with Crippen LogP contribution in [0.2, 0.25) is 0 Å². The molecule has 9 nitrogen and oxygen atoms in total. The molecule has 1 heterocycles. The first-order valence-corrected chi connectivity index (χ1v) is 8.63. The number of alkyl halides is 3. The summed E-state index contributed by atoms with van der Waals surface area (Å²) in [5.41, 5.74) is 3.64. The fourth-order valence-electron chi connectivity index (χ4n) is 2.29. The summed E-state index contributed by atoms with van der Waals surface area (Å²) in [6.07, 6.45) is -5.91.